The fourth-order valence-electron chi connectivity index (χ4n) is 2.23. The van der Waals surface area contributed by atoms with E-state index in [0.717, 1.165) is 12.0 Å². The fourth-order valence-corrected chi connectivity index (χ4v) is 2.23. The molecule has 0 aromatic heterocycles. The number of benzene rings is 1. The van der Waals surface area contributed by atoms with Gasteiger partial charge in [-0.1, -0.05) is 30.3 Å². The topological polar surface area (TPSA) is 64.8 Å². The number of rotatable bonds is 3. The first-order valence-corrected chi connectivity index (χ1v) is 6.44. The van der Waals surface area contributed by atoms with E-state index in [-0.39, 0.29) is 18.2 Å². The Labute approximate surface area is 113 Å². The Morgan fingerprint density at radius 1 is 1.42 bits per heavy atom. The normalized spacial score (nSPS) is 23.2. The number of hydrogen-bond acceptors (Lipinski definition) is 4. The molecule has 0 radical (unpaired) electrons. The number of nitrogens with zero attached hydrogens (tertiary/aromatic N) is 1. The number of carbonyl (C=O) groups is 1. The maximum absolute atomic E-state index is 11.9. The standard InChI is InChI=1S/C14H20N2O3/c1-18-13-7-8-16(9-12(13)15)14(17)19-10-11-5-3-2-4-6-11/h2-6,12-13H,7-10,15H2,1H3/t12-,13-/m0/s1. The highest BCUT2D eigenvalue weighted by Gasteiger charge is 2.29. The summed E-state index contributed by atoms with van der Waals surface area (Å²) in [6.07, 6.45) is 0.463. The lowest BCUT2D eigenvalue weighted by Gasteiger charge is -2.35. The quantitative estimate of drug-likeness (QED) is 0.895. The van der Waals surface area contributed by atoms with Crippen molar-refractivity contribution in [2.45, 2.75) is 25.2 Å². The van der Waals surface area contributed by atoms with E-state index in [2.05, 4.69) is 0 Å². The van der Waals surface area contributed by atoms with Gasteiger partial charge in [0, 0.05) is 26.2 Å². The Kier molecular flexibility index (Phi) is 4.76. The van der Waals surface area contributed by atoms with Crippen LogP contribution in [0.4, 0.5) is 4.79 Å². The first kappa shape index (κ1) is 13.8. The van der Waals surface area contributed by atoms with Crippen molar-refractivity contribution < 1.29 is 14.3 Å². The summed E-state index contributed by atoms with van der Waals surface area (Å²) in [6.45, 7) is 1.39. The highest BCUT2D eigenvalue weighted by molar-refractivity contribution is 5.67. The van der Waals surface area contributed by atoms with Crippen LogP contribution in [0.25, 0.3) is 0 Å². The zero-order valence-corrected chi connectivity index (χ0v) is 11.1. The number of methoxy groups -OCH3 is 1. The van der Waals surface area contributed by atoms with E-state index in [0.29, 0.717) is 19.7 Å². The Balaban J connectivity index is 1.81. The molecule has 5 nitrogen and oxygen atoms in total. The van der Waals surface area contributed by atoms with Gasteiger partial charge < -0.3 is 20.1 Å². The molecule has 2 atom stereocenters. The summed E-state index contributed by atoms with van der Waals surface area (Å²) < 4.78 is 10.5. The van der Waals surface area contributed by atoms with E-state index >= 15 is 0 Å². The van der Waals surface area contributed by atoms with Crippen molar-refractivity contribution in [1.82, 2.24) is 4.90 Å². The lowest BCUT2D eigenvalue weighted by Crippen LogP contribution is -2.53. The summed E-state index contributed by atoms with van der Waals surface area (Å²) in [5.41, 5.74) is 6.93. The lowest BCUT2D eigenvalue weighted by molar-refractivity contribution is 0.0183. The lowest BCUT2D eigenvalue weighted by atomic mass is 10.0. The van der Waals surface area contributed by atoms with Crippen LogP contribution < -0.4 is 5.73 Å². The molecule has 2 rings (SSSR count). The first-order valence-electron chi connectivity index (χ1n) is 6.44. The molecule has 1 heterocycles. The average molecular weight is 264 g/mol. The smallest absolute Gasteiger partial charge is 0.410 e. The molecule has 1 saturated heterocycles. The van der Waals surface area contributed by atoms with Crippen molar-refractivity contribution in [2.24, 2.45) is 5.73 Å². The molecule has 1 aromatic carbocycles. The molecule has 1 aliphatic heterocycles. The van der Waals surface area contributed by atoms with Crippen LogP contribution in [0.3, 0.4) is 0 Å². The Bertz CT molecular complexity index is 410. The van der Waals surface area contributed by atoms with Crippen LogP contribution in [-0.2, 0) is 16.1 Å². The SMILES string of the molecule is CO[C@H]1CCN(C(=O)OCc2ccccc2)C[C@@H]1N. The van der Waals surface area contributed by atoms with Gasteiger partial charge in [0.1, 0.15) is 6.61 Å². The number of piperidine rings is 1. The second-order valence-corrected chi connectivity index (χ2v) is 4.71. The van der Waals surface area contributed by atoms with Crippen LogP contribution in [0.5, 0.6) is 0 Å². The molecule has 2 N–H and O–H groups in total. The molecule has 0 saturated carbocycles. The molecule has 0 spiro atoms. The minimum absolute atomic E-state index is 0.0261. The third-order valence-corrected chi connectivity index (χ3v) is 3.36. The predicted molar refractivity (Wildman–Crippen MR) is 71.6 cm³/mol. The maximum atomic E-state index is 11.9. The Morgan fingerprint density at radius 3 is 2.79 bits per heavy atom. The number of ether oxygens (including phenoxy) is 2. The molecule has 1 amide bonds. The molecule has 1 fully saturated rings. The largest absolute Gasteiger partial charge is 0.445 e. The van der Waals surface area contributed by atoms with Crippen molar-refractivity contribution >= 4 is 6.09 Å². The summed E-state index contributed by atoms with van der Waals surface area (Å²) >= 11 is 0. The van der Waals surface area contributed by atoms with E-state index in [1.54, 1.807) is 12.0 Å². The van der Waals surface area contributed by atoms with Gasteiger partial charge in [0.05, 0.1) is 6.10 Å². The Morgan fingerprint density at radius 2 is 2.16 bits per heavy atom. The van der Waals surface area contributed by atoms with Crippen LogP contribution in [0.1, 0.15) is 12.0 Å². The van der Waals surface area contributed by atoms with Crippen molar-refractivity contribution in [3.63, 3.8) is 0 Å². The summed E-state index contributed by atoms with van der Waals surface area (Å²) in [5, 5.41) is 0. The fraction of sp³-hybridized carbons (Fsp3) is 0.500. The summed E-state index contributed by atoms with van der Waals surface area (Å²) in [4.78, 5) is 13.6. The van der Waals surface area contributed by atoms with Crippen LogP contribution >= 0.6 is 0 Å². The van der Waals surface area contributed by atoms with Gasteiger partial charge in [0.25, 0.3) is 0 Å². The molecule has 5 heteroatoms. The van der Waals surface area contributed by atoms with E-state index < -0.39 is 0 Å². The zero-order chi connectivity index (χ0) is 13.7. The summed E-state index contributed by atoms with van der Waals surface area (Å²) in [6, 6.07) is 9.47. The molecule has 0 bridgehead atoms. The van der Waals surface area contributed by atoms with Gasteiger partial charge in [-0.25, -0.2) is 4.79 Å². The van der Waals surface area contributed by atoms with Gasteiger partial charge in [-0.3, -0.25) is 0 Å². The van der Waals surface area contributed by atoms with E-state index in [1.807, 2.05) is 30.3 Å². The van der Waals surface area contributed by atoms with Gasteiger partial charge in [-0.2, -0.15) is 0 Å². The number of carbonyl (C=O) groups excluding carboxylic acids is 1. The molecule has 0 unspecified atom stereocenters. The van der Waals surface area contributed by atoms with Crippen LogP contribution in [-0.4, -0.2) is 43.3 Å². The molecular formula is C14H20N2O3. The van der Waals surface area contributed by atoms with Crippen LogP contribution in [0.15, 0.2) is 30.3 Å². The van der Waals surface area contributed by atoms with E-state index in [9.17, 15) is 4.79 Å². The molecule has 0 aliphatic carbocycles. The van der Waals surface area contributed by atoms with Gasteiger partial charge in [-0.05, 0) is 12.0 Å². The second kappa shape index (κ2) is 6.54. The highest BCUT2D eigenvalue weighted by Crippen LogP contribution is 2.13. The van der Waals surface area contributed by atoms with Crippen molar-refractivity contribution in [1.29, 1.82) is 0 Å². The van der Waals surface area contributed by atoms with Gasteiger partial charge >= 0.3 is 6.09 Å². The van der Waals surface area contributed by atoms with Gasteiger partial charge in [0.2, 0.25) is 0 Å². The van der Waals surface area contributed by atoms with E-state index in [1.165, 1.54) is 0 Å². The predicted octanol–water partition coefficient (Wildman–Crippen LogP) is 1.37. The van der Waals surface area contributed by atoms with Crippen molar-refractivity contribution in [2.75, 3.05) is 20.2 Å². The highest BCUT2D eigenvalue weighted by atomic mass is 16.6. The molecular weight excluding hydrogens is 244 g/mol. The maximum Gasteiger partial charge on any atom is 0.410 e. The summed E-state index contributed by atoms with van der Waals surface area (Å²) in [5.74, 6) is 0. The summed E-state index contributed by atoms with van der Waals surface area (Å²) in [7, 11) is 1.65. The molecule has 1 aromatic rings. The van der Waals surface area contributed by atoms with Crippen LogP contribution in [0, 0.1) is 0 Å². The Hall–Kier alpha value is -1.59. The zero-order valence-electron chi connectivity index (χ0n) is 11.1. The average Bonchev–Trinajstić information content (AvgIpc) is 2.45. The molecule has 104 valence electrons. The van der Waals surface area contributed by atoms with Crippen molar-refractivity contribution in [3.8, 4) is 0 Å². The number of likely N-dealkylation sites (tertiary alicyclic amines) is 1. The first-order chi connectivity index (χ1) is 9.20. The van der Waals surface area contributed by atoms with E-state index in [4.69, 9.17) is 15.2 Å². The molecule has 1 aliphatic rings. The molecule has 19 heavy (non-hydrogen) atoms. The van der Waals surface area contributed by atoms with Gasteiger partial charge in [0.15, 0.2) is 0 Å². The minimum atomic E-state index is -0.311. The van der Waals surface area contributed by atoms with Crippen molar-refractivity contribution in [3.05, 3.63) is 35.9 Å². The second-order valence-electron chi connectivity index (χ2n) is 4.71. The number of hydrogen-bond donors (Lipinski definition) is 1. The third-order valence-electron chi connectivity index (χ3n) is 3.36. The van der Waals surface area contributed by atoms with Gasteiger partial charge in [-0.15, -0.1) is 0 Å². The number of amides is 1. The number of nitrogens with two attached hydrogens (primary N) is 1. The minimum Gasteiger partial charge on any atom is -0.445 e. The van der Waals surface area contributed by atoms with Crippen LogP contribution in [0.2, 0.25) is 0 Å². The monoisotopic (exact) mass is 264 g/mol. The third kappa shape index (κ3) is 3.68.